The lowest BCUT2D eigenvalue weighted by Gasteiger charge is -2.11. The maximum Gasteiger partial charge on any atom is 0.303 e. The quantitative estimate of drug-likeness (QED) is 0.596. The number of aliphatic carboxylic acids is 1. The number of carboxylic acid groups (broad SMARTS) is 1. The average molecular weight is 248 g/mol. The van der Waals surface area contributed by atoms with Crippen LogP contribution in [-0.4, -0.2) is 49.5 Å². The Kier molecular flexibility index (Phi) is 6.16. The molecule has 1 fully saturated rings. The van der Waals surface area contributed by atoms with Crippen LogP contribution >= 0.6 is 11.8 Å². The third-order valence-electron chi connectivity index (χ3n) is 2.70. The van der Waals surface area contributed by atoms with Crippen molar-refractivity contribution in [3.63, 3.8) is 0 Å². The van der Waals surface area contributed by atoms with Gasteiger partial charge < -0.3 is 14.6 Å². The smallest absolute Gasteiger partial charge is 0.303 e. The van der Waals surface area contributed by atoms with E-state index in [1.807, 2.05) is 0 Å². The van der Waals surface area contributed by atoms with Gasteiger partial charge in [-0.05, 0) is 24.0 Å². The SMILES string of the molecule is COCCOCCSCC1(CC(=O)O)CC1. The van der Waals surface area contributed by atoms with Crippen molar-refractivity contribution in [3.05, 3.63) is 0 Å². The first-order valence-electron chi connectivity index (χ1n) is 5.55. The molecule has 94 valence electrons. The van der Waals surface area contributed by atoms with Crippen molar-refractivity contribution in [1.29, 1.82) is 0 Å². The highest BCUT2D eigenvalue weighted by molar-refractivity contribution is 7.99. The molecule has 0 aliphatic heterocycles. The predicted molar refractivity (Wildman–Crippen MR) is 63.9 cm³/mol. The third-order valence-corrected chi connectivity index (χ3v) is 3.97. The lowest BCUT2D eigenvalue weighted by molar-refractivity contribution is -0.138. The highest BCUT2D eigenvalue weighted by atomic mass is 32.2. The van der Waals surface area contributed by atoms with E-state index < -0.39 is 5.97 Å². The summed E-state index contributed by atoms with van der Waals surface area (Å²) in [5.41, 5.74) is 0.100. The fraction of sp³-hybridized carbons (Fsp3) is 0.909. The maximum absolute atomic E-state index is 10.6. The molecule has 1 aliphatic rings. The van der Waals surface area contributed by atoms with E-state index in [0.717, 1.165) is 31.0 Å². The summed E-state index contributed by atoms with van der Waals surface area (Å²) >= 11 is 1.79. The molecule has 1 aliphatic carbocycles. The van der Waals surface area contributed by atoms with Crippen molar-refractivity contribution in [2.45, 2.75) is 19.3 Å². The Labute approximate surface area is 101 Å². The summed E-state index contributed by atoms with van der Waals surface area (Å²) in [7, 11) is 1.65. The van der Waals surface area contributed by atoms with Crippen molar-refractivity contribution >= 4 is 17.7 Å². The van der Waals surface area contributed by atoms with Gasteiger partial charge in [0.25, 0.3) is 0 Å². The van der Waals surface area contributed by atoms with Gasteiger partial charge in [0.05, 0.1) is 26.2 Å². The molecule has 4 nitrogen and oxygen atoms in total. The second-order valence-corrected chi connectivity index (χ2v) is 5.33. The number of carboxylic acids is 1. The van der Waals surface area contributed by atoms with Gasteiger partial charge in [-0.15, -0.1) is 0 Å². The van der Waals surface area contributed by atoms with Crippen LogP contribution in [0.4, 0.5) is 0 Å². The van der Waals surface area contributed by atoms with E-state index in [0.29, 0.717) is 19.6 Å². The molecule has 0 radical (unpaired) electrons. The molecule has 0 unspecified atom stereocenters. The molecule has 1 saturated carbocycles. The number of rotatable bonds is 10. The summed E-state index contributed by atoms with van der Waals surface area (Å²) in [6.07, 6.45) is 2.46. The zero-order valence-corrected chi connectivity index (χ0v) is 10.6. The summed E-state index contributed by atoms with van der Waals surface area (Å²) < 4.78 is 10.2. The molecule has 0 heterocycles. The fourth-order valence-corrected chi connectivity index (χ4v) is 2.72. The van der Waals surface area contributed by atoms with E-state index in [-0.39, 0.29) is 5.41 Å². The lowest BCUT2D eigenvalue weighted by Crippen LogP contribution is -2.12. The molecule has 0 amide bonds. The summed E-state index contributed by atoms with van der Waals surface area (Å²) in [5.74, 6) is 1.22. The van der Waals surface area contributed by atoms with Gasteiger partial charge in [-0.2, -0.15) is 11.8 Å². The predicted octanol–water partition coefficient (Wildman–Crippen LogP) is 1.64. The van der Waals surface area contributed by atoms with Crippen LogP contribution in [0.2, 0.25) is 0 Å². The zero-order chi connectivity index (χ0) is 11.9. The van der Waals surface area contributed by atoms with Crippen LogP contribution in [0, 0.1) is 5.41 Å². The average Bonchev–Trinajstić information content (AvgIpc) is 2.96. The first-order chi connectivity index (χ1) is 7.68. The largest absolute Gasteiger partial charge is 0.481 e. The number of methoxy groups -OCH3 is 1. The van der Waals surface area contributed by atoms with Gasteiger partial charge in [0.15, 0.2) is 0 Å². The highest BCUT2D eigenvalue weighted by Crippen LogP contribution is 2.50. The van der Waals surface area contributed by atoms with E-state index in [2.05, 4.69) is 0 Å². The van der Waals surface area contributed by atoms with Crippen molar-refractivity contribution in [1.82, 2.24) is 0 Å². The summed E-state index contributed by atoms with van der Waals surface area (Å²) in [5, 5.41) is 8.74. The van der Waals surface area contributed by atoms with Gasteiger partial charge in [0.2, 0.25) is 0 Å². The van der Waals surface area contributed by atoms with Crippen LogP contribution in [0.5, 0.6) is 0 Å². The van der Waals surface area contributed by atoms with Crippen molar-refractivity contribution in [2.24, 2.45) is 5.41 Å². The normalized spacial score (nSPS) is 17.3. The Balaban J connectivity index is 1.93. The molecular weight excluding hydrogens is 228 g/mol. The Morgan fingerprint density at radius 1 is 1.38 bits per heavy atom. The molecule has 0 saturated heterocycles. The van der Waals surface area contributed by atoms with Gasteiger partial charge in [-0.25, -0.2) is 0 Å². The molecule has 5 heteroatoms. The first-order valence-corrected chi connectivity index (χ1v) is 6.70. The van der Waals surface area contributed by atoms with Crippen molar-refractivity contribution < 1.29 is 19.4 Å². The number of hydrogen-bond acceptors (Lipinski definition) is 4. The van der Waals surface area contributed by atoms with Crippen LogP contribution in [-0.2, 0) is 14.3 Å². The van der Waals surface area contributed by atoms with Gasteiger partial charge >= 0.3 is 5.97 Å². The molecule has 16 heavy (non-hydrogen) atoms. The molecule has 0 aromatic heterocycles. The second-order valence-electron chi connectivity index (χ2n) is 4.23. The Morgan fingerprint density at radius 3 is 2.69 bits per heavy atom. The van der Waals surface area contributed by atoms with Gasteiger partial charge in [0, 0.05) is 12.9 Å². The standard InChI is InChI=1S/C11H20O4S/c1-14-4-5-15-6-7-16-9-11(2-3-11)8-10(12)13/h2-9H2,1H3,(H,12,13). The molecule has 0 aromatic rings. The van der Waals surface area contributed by atoms with Gasteiger partial charge in [-0.1, -0.05) is 0 Å². The van der Waals surface area contributed by atoms with E-state index >= 15 is 0 Å². The number of hydrogen-bond donors (Lipinski definition) is 1. The Hall–Kier alpha value is -0.260. The van der Waals surface area contributed by atoms with Gasteiger partial charge in [0.1, 0.15) is 0 Å². The van der Waals surface area contributed by atoms with Crippen LogP contribution in [0.15, 0.2) is 0 Å². The Morgan fingerprint density at radius 2 is 2.12 bits per heavy atom. The third kappa shape index (κ3) is 5.72. The molecule has 1 N–H and O–H groups in total. The summed E-state index contributed by atoms with van der Waals surface area (Å²) in [6, 6.07) is 0. The molecule has 1 rings (SSSR count). The minimum atomic E-state index is -0.672. The summed E-state index contributed by atoms with van der Waals surface area (Å²) in [4.78, 5) is 10.6. The second kappa shape index (κ2) is 7.14. The Bertz CT molecular complexity index is 216. The van der Waals surface area contributed by atoms with Crippen LogP contribution in [0.1, 0.15) is 19.3 Å². The van der Waals surface area contributed by atoms with Crippen LogP contribution in [0.3, 0.4) is 0 Å². The van der Waals surface area contributed by atoms with E-state index in [4.69, 9.17) is 14.6 Å². The minimum Gasteiger partial charge on any atom is -0.481 e. The number of thioether (sulfide) groups is 1. The van der Waals surface area contributed by atoms with Crippen molar-refractivity contribution in [3.8, 4) is 0 Å². The maximum atomic E-state index is 10.6. The van der Waals surface area contributed by atoms with Crippen LogP contribution < -0.4 is 0 Å². The number of ether oxygens (including phenoxy) is 2. The lowest BCUT2D eigenvalue weighted by atomic mass is 10.1. The van der Waals surface area contributed by atoms with Crippen molar-refractivity contribution in [2.75, 3.05) is 38.4 Å². The van der Waals surface area contributed by atoms with E-state index in [1.165, 1.54) is 0 Å². The van der Waals surface area contributed by atoms with E-state index in [1.54, 1.807) is 18.9 Å². The zero-order valence-electron chi connectivity index (χ0n) is 9.74. The summed E-state index contributed by atoms with van der Waals surface area (Å²) in [6.45, 7) is 1.99. The van der Waals surface area contributed by atoms with Crippen LogP contribution in [0.25, 0.3) is 0 Å². The van der Waals surface area contributed by atoms with E-state index in [9.17, 15) is 4.79 Å². The molecule has 0 aromatic carbocycles. The van der Waals surface area contributed by atoms with Gasteiger partial charge in [-0.3, -0.25) is 4.79 Å². The first kappa shape index (κ1) is 13.8. The molecule has 0 bridgehead atoms. The topological polar surface area (TPSA) is 55.8 Å². The highest BCUT2D eigenvalue weighted by Gasteiger charge is 2.43. The monoisotopic (exact) mass is 248 g/mol. The molecule has 0 spiro atoms. The fourth-order valence-electron chi connectivity index (χ4n) is 1.52. The minimum absolute atomic E-state index is 0.100. The number of carbonyl (C=O) groups is 1. The molecule has 0 atom stereocenters. The molecular formula is C11H20O4S.